The summed E-state index contributed by atoms with van der Waals surface area (Å²) in [6, 6.07) is 8.85. The number of aryl methyl sites for hydroxylation is 1. The topological polar surface area (TPSA) is 40.1 Å². The number of nitrogens with zero attached hydrogens (tertiary/aromatic N) is 3. The third-order valence-electron chi connectivity index (χ3n) is 4.71. The van der Waals surface area contributed by atoms with Gasteiger partial charge in [-0.25, -0.2) is 0 Å². The van der Waals surface area contributed by atoms with E-state index in [9.17, 15) is 0 Å². The maximum atomic E-state index is 5.39. The van der Waals surface area contributed by atoms with E-state index in [0.717, 1.165) is 58.2 Å². The average molecular weight is 347 g/mol. The quantitative estimate of drug-likeness (QED) is 0.446. The number of morpholine rings is 1. The van der Waals surface area contributed by atoms with Crippen LogP contribution in [0.2, 0.25) is 0 Å². The van der Waals surface area contributed by atoms with E-state index in [0.29, 0.717) is 0 Å². The summed E-state index contributed by atoms with van der Waals surface area (Å²) in [6.07, 6.45) is 3.46. The number of unbranched alkanes of at least 4 members (excludes halogenated alkanes) is 1. The van der Waals surface area contributed by atoms with E-state index in [1.807, 2.05) is 7.05 Å². The van der Waals surface area contributed by atoms with Crippen LogP contribution in [0, 0.1) is 0 Å². The first-order valence-corrected chi connectivity index (χ1v) is 9.52. The number of rotatable bonds is 8. The van der Waals surface area contributed by atoms with Crippen molar-refractivity contribution in [3.8, 4) is 0 Å². The van der Waals surface area contributed by atoms with Gasteiger partial charge in [-0.3, -0.25) is 9.89 Å². The smallest absolute Gasteiger partial charge is 0.193 e. The molecule has 0 spiro atoms. The maximum absolute atomic E-state index is 5.39. The molecule has 1 heterocycles. The largest absolute Gasteiger partial charge is 0.379 e. The molecule has 0 amide bonds. The van der Waals surface area contributed by atoms with E-state index < -0.39 is 0 Å². The van der Waals surface area contributed by atoms with Crippen LogP contribution in [0.3, 0.4) is 0 Å². The van der Waals surface area contributed by atoms with Crippen LogP contribution < -0.4 is 5.32 Å². The highest BCUT2D eigenvalue weighted by Crippen LogP contribution is 2.07. The van der Waals surface area contributed by atoms with Gasteiger partial charge in [0.05, 0.1) is 13.2 Å². The summed E-state index contributed by atoms with van der Waals surface area (Å²) < 4.78 is 5.39. The standard InChI is InChI=1S/C20H34N4O/c1-4-18-7-9-19(10-8-18)17-23(3)20(21-2)22-11-5-6-12-24-13-15-25-16-14-24/h7-10H,4-6,11-17H2,1-3H3,(H,21,22). The summed E-state index contributed by atoms with van der Waals surface area (Å²) in [5, 5.41) is 3.48. The summed E-state index contributed by atoms with van der Waals surface area (Å²) in [7, 11) is 3.95. The molecule has 1 fully saturated rings. The molecule has 0 radical (unpaired) electrons. The van der Waals surface area contributed by atoms with E-state index in [2.05, 4.69) is 58.3 Å². The van der Waals surface area contributed by atoms with Crippen molar-refractivity contribution >= 4 is 5.96 Å². The zero-order chi connectivity index (χ0) is 17.9. The first kappa shape index (κ1) is 19.7. The highest BCUT2D eigenvalue weighted by Gasteiger charge is 2.10. The Morgan fingerprint density at radius 3 is 2.48 bits per heavy atom. The van der Waals surface area contributed by atoms with Crippen LogP contribution in [0.25, 0.3) is 0 Å². The molecule has 5 heteroatoms. The predicted octanol–water partition coefficient (Wildman–Crippen LogP) is 2.37. The molecule has 0 unspecified atom stereocenters. The molecule has 1 aliphatic heterocycles. The molecule has 140 valence electrons. The second kappa shape index (κ2) is 11.1. The molecular formula is C20H34N4O. The molecule has 1 aromatic carbocycles. The monoisotopic (exact) mass is 346 g/mol. The lowest BCUT2D eigenvalue weighted by molar-refractivity contribution is 0.0372. The van der Waals surface area contributed by atoms with Crippen LogP contribution in [0.1, 0.15) is 30.9 Å². The SMILES string of the molecule is CCc1ccc(CN(C)C(=NC)NCCCCN2CCOCC2)cc1. The van der Waals surface area contributed by atoms with Crippen molar-refractivity contribution in [3.05, 3.63) is 35.4 Å². The lowest BCUT2D eigenvalue weighted by Crippen LogP contribution is -2.39. The van der Waals surface area contributed by atoms with Gasteiger partial charge in [0.2, 0.25) is 0 Å². The molecule has 0 aliphatic carbocycles. The van der Waals surface area contributed by atoms with Gasteiger partial charge in [-0.05, 0) is 36.9 Å². The van der Waals surface area contributed by atoms with Crippen molar-refractivity contribution in [1.82, 2.24) is 15.1 Å². The Morgan fingerprint density at radius 2 is 1.84 bits per heavy atom. The molecule has 0 aromatic heterocycles. The molecule has 0 bridgehead atoms. The van der Waals surface area contributed by atoms with Gasteiger partial charge in [-0.1, -0.05) is 31.2 Å². The normalized spacial score (nSPS) is 16.0. The van der Waals surface area contributed by atoms with Crippen molar-refractivity contribution in [2.75, 3.05) is 53.5 Å². The van der Waals surface area contributed by atoms with Gasteiger partial charge in [0.15, 0.2) is 5.96 Å². The zero-order valence-electron chi connectivity index (χ0n) is 16.1. The second-order valence-electron chi connectivity index (χ2n) is 6.66. The number of hydrogen-bond acceptors (Lipinski definition) is 3. The molecular weight excluding hydrogens is 312 g/mol. The summed E-state index contributed by atoms with van der Waals surface area (Å²) >= 11 is 0. The summed E-state index contributed by atoms with van der Waals surface area (Å²) in [5.41, 5.74) is 2.70. The number of ether oxygens (including phenoxy) is 1. The highest BCUT2D eigenvalue weighted by molar-refractivity contribution is 5.79. The number of benzene rings is 1. The van der Waals surface area contributed by atoms with Crippen molar-refractivity contribution in [2.24, 2.45) is 4.99 Å². The number of aliphatic imine (C=N–C) groups is 1. The Labute approximate surface area is 153 Å². The fraction of sp³-hybridized carbons (Fsp3) is 0.650. The Hall–Kier alpha value is -1.59. The van der Waals surface area contributed by atoms with E-state index in [1.165, 1.54) is 24.1 Å². The van der Waals surface area contributed by atoms with E-state index in [4.69, 9.17) is 4.74 Å². The van der Waals surface area contributed by atoms with E-state index in [-0.39, 0.29) is 0 Å². The molecule has 1 N–H and O–H groups in total. The first-order valence-electron chi connectivity index (χ1n) is 9.52. The maximum Gasteiger partial charge on any atom is 0.193 e. The molecule has 2 rings (SSSR count). The summed E-state index contributed by atoms with van der Waals surface area (Å²) in [6.45, 7) is 9.12. The Balaban J connectivity index is 1.66. The Bertz CT molecular complexity index is 509. The highest BCUT2D eigenvalue weighted by atomic mass is 16.5. The van der Waals surface area contributed by atoms with Crippen LogP contribution in [0.15, 0.2) is 29.3 Å². The van der Waals surface area contributed by atoms with Crippen LogP contribution in [0.4, 0.5) is 0 Å². The first-order chi connectivity index (χ1) is 12.2. The fourth-order valence-electron chi connectivity index (χ4n) is 3.10. The predicted molar refractivity (Wildman–Crippen MR) is 105 cm³/mol. The molecule has 0 atom stereocenters. The van der Waals surface area contributed by atoms with Gasteiger partial charge in [-0.2, -0.15) is 0 Å². The average Bonchev–Trinajstić information content (AvgIpc) is 2.66. The summed E-state index contributed by atoms with van der Waals surface area (Å²) in [5.74, 6) is 0.964. The fourth-order valence-corrected chi connectivity index (χ4v) is 3.10. The Kier molecular flexibility index (Phi) is 8.77. The lowest BCUT2D eigenvalue weighted by Gasteiger charge is -2.26. The number of guanidine groups is 1. The van der Waals surface area contributed by atoms with E-state index in [1.54, 1.807) is 0 Å². The van der Waals surface area contributed by atoms with Gasteiger partial charge in [0.25, 0.3) is 0 Å². The van der Waals surface area contributed by atoms with E-state index >= 15 is 0 Å². The molecule has 1 aliphatic rings. The molecule has 25 heavy (non-hydrogen) atoms. The molecule has 1 saturated heterocycles. The van der Waals surface area contributed by atoms with Crippen molar-refractivity contribution in [3.63, 3.8) is 0 Å². The number of nitrogens with one attached hydrogen (secondary N) is 1. The minimum atomic E-state index is 0.872. The van der Waals surface area contributed by atoms with Gasteiger partial charge in [0, 0.05) is 40.3 Å². The van der Waals surface area contributed by atoms with Crippen LogP contribution >= 0.6 is 0 Å². The van der Waals surface area contributed by atoms with Gasteiger partial charge in [0.1, 0.15) is 0 Å². The van der Waals surface area contributed by atoms with Crippen molar-refractivity contribution < 1.29 is 4.74 Å². The molecule has 1 aromatic rings. The van der Waals surface area contributed by atoms with Crippen LogP contribution in [-0.2, 0) is 17.7 Å². The molecule has 5 nitrogen and oxygen atoms in total. The van der Waals surface area contributed by atoms with Gasteiger partial charge in [-0.15, -0.1) is 0 Å². The van der Waals surface area contributed by atoms with Gasteiger partial charge < -0.3 is 15.0 Å². The third kappa shape index (κ3) is 7.04. The minimum absolute atomic E-state index is 0.872. The van der Waals surface area contributed by atoms with Crippen LogP contribution in [-0.4, -0.2) is 69.2 Å². The Morgan fingerprint density at radius 1 is 1.16 bits per heavy atom. The minimum Gasteiger partial charge on any atom is -0.379 e. The van der Waals surface area contributed by atoms with Crippen LogP contribution in [0.5, 0.6) is 0 Å². The molecule has 0 saturated carbocycles. The lowest BCUT2D eigenvalue weighted by atomic mass is 10.1. The number of hydrogen-bond donors (Lipinski definition) is 1. The van der Waals surface area contributed by atoms with Gasteiger partial charge >= 0.3 is 0 Å². The van der Waals surface area contributed by atoms with Crippen molar-refractivity contribution in [1.29, 1.82) is 0 Å². The third-order valence-corrected chi connectivity index (χ3v) is 4.71. The zero-order valence-corrected chi connectivity index (χ0v) is 16.1. The van der Waals surface area contributed by atoms with Crippen molar-refractivity contribution in [2.45, 2.75) is 32.7 Å². The second-order valence-corrected chi connectivity index (χ2v) is 6.66. The summed E-state index contributed by atoms with van der Waals surface area (Å²) in [4.78, 5) is 9.08.